The molecule has 1 amide bonds. The van der Waals surface area contributed by atoms with Gasteiger partial charge in [-0.05, 0) is 30.9 Å². The van der Waals surface area contributed by atoms with E-state index < -0.39 is 5.76 Å². The third kappa shape index (κ3) is 6.44. The third-order valence-electron chi connectivity index (χ3n) is 3.13. The largest absolute Gasteiger partial charge is 0.396 e. The fourth-order valence-electron chi connectivity index (χ4n) is 2.12. The van der Waals surface area contributed by atoms with Crippen molar-refractivity contribution in [3.8, 4) is 0 Å². The number of amides is 1. The summed E-state index contributed by atoms with van der Waals surface area (Å²) in [5, 5.41) is 11.8. The van der Waals surface area contributed by atoms with Crippen LogP contribution in [0.2, 0.25) is 0 Å². The first-order valence-corrected chi connectivity index (χ1v) is 7.89. The lowest BCUT2D eigenvalue weighted by Gasteiger charge is -2.16. The number of thioether (sulfide) groups is 1. The van der Waals surface area contributed by atoms with Crippen LogP contribution in [0.15, 0.2) is 29.2 Å². The first-order chi connectivity index (χ1) is 10.1. The van der Waals surface area contributed by atoms with Crippen molar-refractivity contribution in [2.24, 2.45) is 5.92 Å². The first kappa shape index (κ1) is 17.9. The number of hydrogen-bond donors (Lipinski definition) is 2. The Morgan fingerprint density at radius 2 is 2.05 bits per heavy atom. The molecule has 2 N–H and O–H groups in total. The van der Waals surface area contributed by atoms with Crippen LogP contribution < -0.4 is 5.32 Å². The van der Waals surface area contributed by atoms with E-state index in [0.29, 0.717) is 24.7 Å². The van der Waals surface area contributed by atoms with E-state index in [1.165, 1.54) is 6.07 Å². The van der Waals surface area contributed by atoms with Gasteiger partial charge in [0.2, 0.25) is 0 Å². The predicted molar refractivity (Wildman–Crippen MR) is 80.7 cm³/mol. The van der Waals surface area contributed by atoms with Crippen LogP contribution in [0.25, 0.3) is 0 Å². The molecular formula is C15H21F2NO2S. The number of aliphatic hydroxyl groups excluding tert-OH is 1. The number of nitrogens with one attached hydrogen (secondary N) is 1. The van der Waals surface area contributed by atoms with Gasteiger partial charge in [0.05, 0.1) is 5.56 Å². The van der Waals surface area contributed by atoms with Crippen LogP contribution in [0.1, 0.15) is 36.5 Å². The highest BCUT2D eigenvalue weighted by molar-refractivity contribution is 7.99. The molecule has 3 nitrogen and oxygen atoms in total. The smallest absolute Gasteiger partial charge is 0.288 e. The molecule has 1 rings (SSSR count). The Morgan fingerprint density at radius 1 is 1.33 bits per heavy atom. The molecule has 1 unspecified atom stereocenters. The van der Waals surface area contributed by atoms with Crippen LogP contribution in [0, 0.1) is 5.92 Å². The molecule has 0 spiro atoms. The van der Waals surface area contributed by atoms with Crippen molar-refractivity contribution in [1.29, 1.82) is 0 Å². The SMILES string of the molecule is CCCC(CCO)CNC(=O)c1ccccc1SC(F)F. The predicted octanol–water partition coefficient (Wildman–Crippen LogP) is 3.53. The molecule has 0 aromatic heterocycles. The quantitative estimate of drug-likeness (QED) is 0.685. The van der Waals surface area contributed by atoms with E-state index in [4.69, 9.17) is 5.11 Å². The van der Waals surface area contributed by atoms with E-state index in [9.17, 15) is 13.6 Å². The van der Waals surface area contributed by atoms with Crippen molar-refractivity contribution in [1.82, 2.24) is 5.32 Å². The zero-order valence-electron chi connectivity index (χ0n) is 12.0. The summed E-state index contributed by atoms with van der Waals surface area (Å²) >= 11 is 0.374. The van der Waals surface area contributed by atoms with Gasteiger partial charge >= 0.3 is 0 Å². The summed E-state index contributed by atoms with van der Waals surface area (Å²) in [6.45, 7) is 2.57. The van der Waals surface area contributed by atoms with Gasteiger partial charge in [-0.15, -0.1) is 0 Å². The number of carbonyl (C=O) groups is 1. The Kier molecular flexibility index (Phi) is 8.30. The maximum Gasteiger partial charge on any atom is 0.288 e. The molecule has 1 aromatic carbocycles. The standard InChI is InChI=1S/C15H21F2NO2S/c1-2-5-11(8-9-19)10-18-14(20)12-6-3-4-7-13(12)21-15(16)17/h3-4,6-7,11,15,19H,2,5,8-10H2,1H3,(H,18,20). The minimum atomic E-state index is -2.55. The van der Waals surface area contributed by atoms with Crippen LogP contribution in [-0.2, 0) is 0 Å². The number of halogens is 2. The van der Waals surface area contributed by atoms with Crippen LogP contribution >= 0.6 is 11.8 Å². The van der Waals surface area contributed by atoms with E-state index in [-0.39, 0.29) is 28.9 Å². The number of benzene rings is 1. The first-order valence-electron chi connectivity index (χ1n) is 7.01. The Morgan fingerprint density at radius 3 is 2.67 bits per heavy atom. The lowest BCUT2D eigenvalue weighted by molar-refractivity contribution is 0.0940. The Balaban J connectivity index is 2.66. The molecular weight excluding hydrogens is 296 g/mol. The summed E-state index contributed by atoms with van der Waals surface area (Å²) in [5.41, 5.74) is 0.266. The van der Waals surface area contributed by atoms with Crippen molar-refractivity contribution in [2.75, 3.05) is 13.2 Å². The van der Waals surface area contributed by atoms with Crippen LogP contribution in [0.5, 0.6) is 0 Å². The summed E-state index contributed by atoms with van der Waals surface area (Å²) in [5.74, 6) is -2.70. The fourth-order valence-corrected chi connectivity index (χ4v) is 2.76. The van der Waals surface area contributed by atoms with Gasteiger partial charge in [0.1, 0.15) is 0 Å². The van der Waals surface area contributed by atoms with Crippen molar-refractivity contribution in [2.45, 2.75) is 36.8 Å². The number of carbonyl (C=O) groups excluding carboxylic acids is 1. The molecule has 6 heteroatoms. The monoisotopic (exact) mass is 317 g/mol. The van der Waals surface area contributed by atoms with Gasteiger partial charge in [0.15, 0.2) is 0 Å². The van der Waals surface area contributed by atoms with Gasteiger partial charge in [0, 0.05) is 18.0 Å². The second-order valence-corrected chi connectivity index (χ2v) is 5.78. The number of rotatable bonds is 9. The van der Waals surface area contributed by atoms with Crippen LogP contribution in [0.3, 0.4) is 0 Å². The minimum absolute atomic E-state index is 0.0817. The number of hydrogen-bond acceptors (Lipinski definition) is 3. The highest BCUT2D eigenvalue weighted by Crippen LogP contribution is 2.28. The minimum Gasteiger partial charge on any atom is -0.396 e. The Hall–Kier alpha value is -1.14. The van der Waals surface area contributed by atoms with E-state index >= 15 is 0 Å². The van der Waals surface area contributed by atoms with Gasteiger partial charge in [-0.3, -0.25) is 4.79 Å². The van der Waals surface area contributed by atoms with Gasteiger partial charge in [-0.25, -0.2) is 0 Å². The number of aliphatic hydroxyl groups is 1. The van der Waals surface area contributed by atoms with E-state index in [2.05, 4.69) is 5.32 Å². The molecule has 0 aliphatic carbocycles. The van der Waals surface area contributed by atoms with Crippen molar-refractivity contribution in [3.63, 3.8) is 0 Å². The van der Waals surface area contributed by atoms with Gasteiger partial charge in [-0.2, -0.15) is 8.78 Å². The van der Waals surface area contributed by atoms with Crippen molar-refractivity contribution < 1.29 is 18.7 Å². The second kappa shape index (κ2) is 9.73. The Bertz CT molecular complexity index is 437. The third-order valence-corrected chi connectivity index (χ3v) is 3.92. The average molecular weight is 317 g/mol. The molecule has 21 heavy (non-hydrogen) atoms. The van der Waals surface area contributed by atoms with Gasteiger partial charge in [0.25, 0.3) is 11.7 Å². The zero-order valence-corrected chi connectivity index (χ0v) is 12.8. The summed E-state index contributed by atoms with van der Waals surface area (Å²) in [6, 6.07) is 6.35. The second-order valence-electron chi connectivity index (χ2n) is 4.75. The van der Waals surface area contributed by atoms with Crippen molar-refractivity contribution in [3.05, 3.63) is 29.8 Å². The molecule has 0 heterocycles. The zero-order chi connectivity index (χ0) is 15.7. The molecule has 1 atom stereocenters. The van der Waals surface area contributed by atoms with E-state index in [1.54, 1.807) is 18.2 Å². The molecule has 0 aliphatic heterocycles. The molecule has 0 saturated heterocycles. The molecule has 0 saturated carbocycles. The maximum absolute atomic E-state index is 12.5. The summed E-state index contributed by atoms with van der Waals surface area (Å²) in [7, 11) is 0. The highest BCUT2D eigenvalue weighted by Gasteiger charge is 2.16. The molecule has 1 aromatic rings. The molecule has 0 aliphatic rings. The number of alkyl halides is 2. The molecule has 118 valence electrons. The summed E-state index contributed by atoms with van der Waals surface area (Å²) < 4.78 is 25.0. The molecule has 0 fully saturated rings. The summed E-state index contributed by atoms with van der Waals surface area (Å²) in [6.07, 6.45) is 2.51. The fraction of sp³-hybridized carbons (Fsp3) is 0.533. The van der Waals surface area contributed by atoms with Crippen LogP contribution in [0.4, 0.5) is 8.78 Å². The molecule has 0 bridgehead atoms. The Labute approximate surface area is 128 Å². The average Bonchev–Trinajstić information content (AvgIpc) is 2.45. The van der Waals surface area contributed by atoms with E-state index in [0.717, 1.165) is 12.8 Å². The van der Waals surface area contributed by atoms with Crippen molar-refractivity contribution >= 4 is 17.7 Å². The summed E-state index contributed by atoms with van der Waals surface area (Å²) in [4.78, 5) is 12.4. The molecule has 0 radical (unpaired) electrons. The van der Waals surface area contributed by atoms with E-state index in [1.807, 2.05) is 6.92 Å². The lowest BCUT2D eigenvalue weighted by atomic mass is 10.00. The maximum atomic E-state index is 12.5. The topological polar surface area (TPSA) is 49.3 Å². The van der Waals surface area contributed by atoms with Gasteiger partial charge in [-0.1, -0.05) is 37.2 Å². The normalized spacial score (nSPS) is 12.4. The highest BCUT2D eigenvalue weighted by atomic mass is 32.2. The lowest BCUT2D eigenvalue weighted by Crippen LogP contribution is -2.30. The van der Waals surface area contributed by atoms with Crippen LogP contribution in [-0.4, -0.2) is 29.9 Å². The van der Waals surface area contributed by atoms with Gasteiger partial charge < -0.3 is 10.4 Å².